The summed E-state index contributed by atoms with van der Waals surface area (Å²) in [5, 5.41) is 3.50. The molecule has 1 unspecified atom stereocenters. The monoisotopic (exact) mass is 362 g/mol. The van der Waals surface area contributed by atoms with Crippen LogP contribution in [0.1, 0.15) is 16.0 Å². The van der Waals surface area contributed by atoms with E-state index in [0.717, 1.165) is 17.1 Å². The average Bonchev–Trinajstić information content (AvgIpc) is 2.97. The minimum absolute atomic E-state index is 0.133. The highest BCUT2D eigenvalue weighted by molar-refractivity contribution is 9.09. The van der Waals surface area contributed by atoms with Gasteiger partial charge in [0.1, 0.15) is 0 Å². The van der Waals surface area contributed by atoms with E-state index in [1.807, 2.05) is 12.1 Å². The standard InChI is InChI=1S/C17H15BrO2S/c1-19-14-8-7-11(9-15(14)20-2)17(18)13-10-21-16-6-4-3-5-12(13)16/h3-10,17H,1-2H3. The van der Waals surface area contributed by atoms with Crippen LogP contribution in [0, 0.1) is 0 Å². The SMILES string of the molecule is COc1ccc(C(Br)c2csc3ccccc23)cc1OC. The fraction of sp³-hybridized carbons (Fsp3) is 0.176. The first-order valence-corrected chi connectivity index (χ1v) is 8.36. The zero-order valence-electron chi connectivity index (χ0n) is 11.8. The number of fused-ring (bicyclic) bond motifs is 1. The van der Waals surface area contributed by atoms with Crippen LogP contribution in [0.4, 0.5) is 0 Å². The number of hydrogen-bond acceptors (Lipinski definition) is 3. The van der Waals surface area contributed by atoms with Crippen molar-refractivity contribution in [3.05, 3.63) is 59.0 Å². The molecule has 0 aliphatic heterocycles. The molecule has 2 nitrogen and oxygen atoms in total. The lowest BCUT2D eigenvalue weighted by atomic mass is 10.0. The Morgan fingerprint density at radius 3 is 2.52 bits per heavy atom. The fourth-order valence-corrected chi connectivity index (χ4v) is 4.21. The van der Waals surface area contributed by atoms with Gasteiger partial charge in [0, 0.05) is 4.70 Å². The van der Waals surface area contributed by atoms with Crippen LogP contribution in [-0.4, -0.2) is 14.2 Å². The van der Waals surface area contributed by atoms with Crippen molar-refractivity contribution >= 4 is 37.4 Å². The van der Waals surface area contributed by atoms with Crippen molar-refractivity contribution in [1.82, 2.24) is 0 Å². The van der Waals surface area contributed by atoms with Gasteiger partial charge >= 0.3 is 0 Å². The van der Waals surface area contributed by atoms with Gasteiger partial charge in [-0.25, -0.2) is 0 Å². The van der Waals surface area contributed by atoms with Crippen LogP contribution < -0.4 is 9.47 Å². The zero-order valence-corrected chi connectivity index (χ0v) is 14.2. The van der Waals surface area contributed by atoms with Gasteiger partial charge in [-0.05, 0) is 40.1 Å². The molecular weight excluding hydrogens is 348 g/mol. The lowest BCUT2D eigenvalue weighted by Gasteiger charge is -2.13. The Bertz CT molecular complexity index is 766. The molecule has 0 spiro atoms. The highest BCUT2D eigenvalue weighted by Crippen LogP contribution is 2.40. The molecule has 0 radical (unpaired) electrons. The predicted octanol–water partition coefficient (Wildman–Crippen LogP) is 5.40. The minimum Gasteiger partial charge on any atom is -0.493 e. The average molecular weight is 363 g/mol. The Morgan fingerprint density at radius 1 is 1.00 bits per heavy atom. The molecule has 0 amide bonds. The summed E-state index contributed by atoms with van der Waals surface area (Å²) in [7, 11) is 3.31. The number of alkyl halides is 1. The van der Waals surface area contributed by atoms with E-state index in [9.17, 15) is 0 Å². The van der Waals surface area contributed by atoms with Gasteiger partial charge in [0.15, 0.2) is 11.5 Å². The highest BCUT2D eigenvalue weighted by Gasteiger charge is 2.17. The maximum atomic E-state index is 5.39. The highest BCUT2D eigenvalue weighted by atomic mass is 79.9. The van der Waals surface area contributed by atoms with Gasteiger partial charge in [0.25, 0.3) is 0 Å². The summed E-state index contributed by atoms with van der Waals surface area (Å²) in [5.41, 5.74) is 2.43. The number of benzene rings is 2. The van der Waals surface area contributed by atoms with Crippen molar-refractivity contribution in [3.63, 3.8) is 0 Å². The van der Waals surface area contributed by atoms with Crippen LogP contribution in [0.3, 0.4) is 0 Å². The zero-order chi connectivity index (χ0) is 14.8. The van der Waals surface area contributed by atoms with Gasteiger partial charge < -0.3 is 9.47 Å². The van der Waals surface area contributed by atoms with Crippen LogP contribution in [0.15, 0.2) is 47.8 Å². The summed E-state index contributed by atoms with van der Waals surface area (Å²) in [5.74, 6) is 1.50. The third kappa shape index (κ3) is 2.65. The van der Waals surface area contributed by atoms with E-state index >= 15 is 0 Å². The van der Waals surface area contributed by atoms with Crippen molar-refractivity contribution in [2.75, 3.05) is 14.2 Å². The van der Waals surface area contributed by atoms with Crippen LogP contribution in [0.2, 0.25) is 0 Å². The van der Waals surface area contributed by atoms with Crippen molar-refractivity contribution < 1.29 is 9.47 Å². The summed E-state index contributed by atoms with van der Waals surface area (Å²) < 4.78 is 12.0. The first kappa shape index (κ1) is 14.4. The molecule has 3 aromatic rings. The number of methoxy groups -OCH3 is 2. The molecule has 0 aliphatic carbocycles. The molecule has 1 atom stereocenters. The van der Waals surface area contributed by atoms with E-state index < -0.39 is 0 Å². The topological polar surface area (TPSA) is 18.5 Å². The molecule has 0 bridgehead atoms. The Labute approximate surface area is 136 Å². The van der Waals surface area contributed by atoms with Gasteiger partial charge in [-0.2, -0.15) is 0 Å². The maximum absolute atomic E-state index is 5.39. The molecule has 108 valence electrons. The molecule has 0 saturated carbocycles. The van der Waals surface area contributed by atoms with Crippen molar-refractivity contribution in [1.29, 1.82) is 0 Å². The van der Waals surface area contributed by atoms with Crippen LogP contribution in [0.25, 0.3) is 10.1 Å². The van der Waals surface area contributed by atoms with Gasteiger partial charge in [0.05, 0.1) is 19.0 Å². The minimum atomic E-state index is 0.133. The van der Waals surface area contributed by atoms with E-state index in [4.69, 9.17) is 9.47 Å². The number of hydrogen-bond donors (Lipinski definition) is 0. The lowest BCUT2D eigenvalue weighted by molar-refractivity contribution is 0.354. The van der Waals surface area contributed by atoms with Gasteiger partial charge in [-0.3, -0.25) is 0 Å². The Hall–Kier alpha value is -1.52. The van der Waals surface area contributed by atoms with E-state index in [1.54, 1.807) is 25.6 Å². The third-order valence-corrected chi connectivity index (χ3v) is 5.49. The predicted molar refractivity (Wildman–Crippen MR) is 92.1 cm³/mol. The molecule has 1 aromatic heterocycles. The molecular formula is C17H15BrO2S. The van der Waals surface area contributed by atoms with E-state index in [1.165, 1.54) is 15.6 Å². The molecule has 1 heterocycles. The van der Waals surface area contributed by atoms with Crippen molar-refractivity contribution in [2.24, 2.45) is 0 Å². The summed E-state index contributed by atoms with van der Waals surface area (Å²) in [4.78, 5) is 0.133. The second-order valence-electron chi connectivity index (χ2n) is 4.66. The van der Waals surface area contributed by atoms with Gasteiger partial charge in [-0.15, -0.1) is 11.3 Å². The lowest BCUT2D eigenvalue weighted by Crippen LogP contribution is -1.95. The molecule has 2 aromatic carbocycles. The normalized spacial score (nSPS) is 12.3. The smallest absolute Gasteiger partial charge is 0.161 e. The van der Waals surface area contributed by atoms with Crippen LogP contribution >= 0.6 is 27.3 Å². The van der Waals surface area contributed by atoms with Crippen LogP contribution in [-0.2, 0) is 0 Å². The first-order valence-electron chi connectivity index (χ1n) is 6.56. The summed E-state index contributed by atoms with van der Waals surface area (Å²) in [6.45, 7) is 0. The molecule has 4 heteroatoms. The molecule has 0 aliphatic rings. The Balaban J connectivity index is 2.04. The molecule has 21 heavy (non-hydrogen) atoms. The van der Waals surface area contributed by atoms with Crippen molar-refractivity contribution in [2.45, 2.75) is 4.83 Å². The van der Waals surface area contributed by atoms with Crippen molar-refractivity contribution in [3.8, 4) is 11.5 Å². The second-order valence-corrected chi connectivity index (χ2v) is 6.49. The van der Waals surface area contributed by atoms with E-state index in [2.05, 4.69) is 51.6 Å². The van der Waals surface area contributed by atoms with Gasteiger partial charge in [-0.1, -0.05) is 40.2 Å². The number of halogens is 1. The largest absolute Gasteiger partial charge is 0.493 e. The maximum Gasteiger partial charge on any atom is 0.161 e. The number of rotatable bonds is 4. The molecule has 0 fully saturated rings. The second kappa shape index (κ2) is 6.08. The Morgan fingerprint density at radius 2 is 1.76 bits per heavy atom. The summed E-state index contributed by atoms with van der Waals surface area (Å²) in [6, 6.07) is 14.5. The Kier molecular flexibility index (Phi) is 4.17. The summed E-state index contributed by atoms with van der Waals surface area (Å²) in [6.07, 6.45) is 0. The third-order valence-electron chi connectivity index (χ3n) is 3.48. The van der Waals surface area contributed by atoms with Gasteiger partial charge in [0.2, 0.25) is 0 Å². The number of ether oxygens (including phenoxy) is 2. The summed E-state index contributed by atoms with van der Waals surface area (Å²) >= 11 is 5.58. The quantitative estimate of drug-likeness (QED) is 0.578. The van der Waals surface area contributed by atoms with E-state index in [0.29, 0.717) is 0 Å². The fourth-order valence-electron chi connectivity index (χ4n) is 2.38. The first-order chi connectivity index (χ1) is 10.2. The molecule has 0 N–H and O–H groups in total. The molecule has 3 rings (SSSR count). The van der Waals surface area contributed by atoms with Crippen LogP contribution in [0.5, 0.6) is 11.5 Å². The number of thiophene rings is 1. The van der Waals surface area contributed by atoms with E-state index in [-0.39, 0.29) is 4.83 Å². The molecule has 0 saturated heterocycles.